The second-order valence-electron chi connectivity index (χ2n) is 6.89. The third-order valence-corrected chi connectivity index (χ3v) is 5.18. The van der Waals surface area contributed by atoms with E-state index in [-0.39, 0.29) is 17.6 Å². The third-order valence-electron chi connectivity index (χ3n) is 5.18. The summed E-state index contributed by atoms with van der Waals surface area (Å²) in [6.07, 6.45) is 5.71. The number of carbonyl (C=O) groups is 1. The zero-order valence-electron chi connectivity index (χ0n) is 14.9. The number of likely N-dealkylation sites (tertiary alicyclic amines) is 1. The number of nitrogens with one attached hydrogen (secondary N) is 1. The molecule has 1 aromatic carbocycles. The van der Waals surface area contributed by atoms with Crippen LogP contribution in [0.1, 0.15) is 45.4 Å². The van der Waals surface area contributed by atoms with Crippen molar-refractivity contribution >= 4 is 17.5 Å². The standard InChI is InChI=1S/C18H27N3O4/c1-2-25-18(24)21-11-7-13(8-12-21)19-14-15(17(23)16(14)22)20-9-5-3-4-6-10-20/h13,19H,2-12H2,1H3. The maximum absolute atomic E-state index is 12.1. The van der Waals surface area contributed by atoms with Crippen LogP contribution in [0.25, 0.3) is 0 Å². The van der Waals surface area contributed by atoms with Crippen LogP contribution in [-0.2, 0) is 4.74 Å². The van der Waals surface area contributed by atoms with Gasteiger partial charge in [-0.05, 0) is 32.6 Å². The van der Waals surface area contributed by atoms with Gasteiger partial charge < -0.3 is 19.9 Å². The van der Waals surface area contributed by atoms with Crippen LogP contribution in [-0.4, -0.2) is 49.8 Å². The van der Waals surface area contributed by atoms with Crippen molar-refractivity contribution in [2.45, 2.75) is 51.5 Å². The summed E-state index contributed by atoms with van der Waals surface area (Å²) in [5.41, 5.74) is 0.321. The zero-order chi connectivity index (χ0) is 17.8. The minimum Gasteiger partial charge on any atom is -0.450 e. The van der Waals surface area contributed by atoms with E-state index in [2.05, 4.69) is 10.2 Å². The van der Waals surface area contributed by atoms with Gasteiger partial charge in [0.05, 0.1) is 6.61 Å². The quantitative estimate of drug-likeness (QED) is 0.834. The van der Waals surface area contributed by atoms with Crippen LogP contribution in [0.3, 0.4) is 0 Å². The van der Waals surface area contributed by atoms with Crippen molar-refractivity contribution < 1.29 is 9.53 Å². The van der Waals surface area contributed by atoms with Gasteiger partial charge in [0.25, 0.3) is 10.9 Å². The van der Waals surface area contributed by atoms with Crippen LogP contribution in [0.2, 0.25) is 0 Å². The average molecular weight is 349 g/mol. The molecule has 2 saturated heterocycles. The summed E-state index contributed by atoms with van der Waals surface area (Å²) < 4.78 is 5.02. The molecule has 0 bridgehead atoms. The zero-order valence-corrected chi connectivity index (χ0v) is 14.9. The first-order valence-electron chi connectivity index (χ1n) is 9.38. The predicted octanol–water partition coefficient (Wildman–Crippen LogP) is 1.70. The summed E-state index contributed by atoms with van der Waals surface area (Å²) >= 11 is 0. The molecule has 7 heteroatoms. The Labute approximate surface area is 147 Å². The first-order chi connectivity index (χ1) is 12.1. The minimum absolute atomic E-state index is 0.111. The topological polar surface area (TPSA) is 79.0 Å². The maximum Gasteiger partial charge on any atom is 0.409 e. The van der Waals surface area contributed by atoms with Crippen LogP contribution >= 0.6 is 0 Å². The predicted molar refractivity (Wildman–Crippen MR) is 97.3 cm³/mol. The molecule has 25 heavy (non-hydrogen) atoms. The van der Waals surface area contributed by atoms with Crippen LogP contribution in [0.5, 0.6) is 0 Å². The van der Waals surface area contributed by atoms with Gasteiger partial charge in [0.15, 0.2) is 0 Å². The molecule has 138 valence electrons. The molecule has 0 aliphatic carbocycles. The number of nitrogens with zero attached hydrogens (tertiary/aromatic N) is 2. The molecule has 1 aromatic rings. The molecular formula is C18H27N3O4. The van der Waals surface area contributed by atoms with Gasteiger partial charge in [0.2, 0.25) is 0 Å². The molecule has 0 unspecified atom stereocenters. The van der Waals surface area contributed by atoms with Crippen molar-refractivity contribution in [1.82, 2.24) is 4.90 Å². The summed E-state index contributed by atoms with van der Waals surface area (Å²) in [5.74, 6) is 0. The SMILES string of the molecule is CCOC(=O)N1CCC(Nc2c(N3CCCCCC3)c(=O)c2=O)CC1. The van der Waals surface area contributed by atoms with Crippen LogP contribution < -0.4 is 21.1 Å². The molecular weight excluding hydrogens is 322 g/mol. The fraction of sp³-hybridized carbons (Fsp3) is 0.722. The smallest absolute Gasteiger partial charge is 0.409 e. The van der Waals surface area contributed by atoms with Crippen LogP contribution in [0.15, 0.2) is 9.59 Å². The molecule has 0 radical (unpaired) electrons. The Bertz CT molecular complexity index is 664. The van der Waals surface area contributed by atoms with Crippen molar-refractivity contribution in [2.75, 3.05) is 43.0 Å². The van der Waals surface area contributed by atoms with E-state index in [1.165, 1.54) is 12.8 Å². The molecule has 0 saturated carbocycles. The lowest BCUT2D eigenvalue weighted by molar-refractivity contribution is 0.0983. The molecule has 7 nitrogen and oxygen atoms in total. The van der Waals surface area contributed by atoms with Gasteiger partial charge in [-0.25, -0.2) is 4.79 Å². The summed E-state index contributed by atoms with van der Waals surface area (Å²) in [5, 5.41) is 3.28. The van der Waals surface area contributed by atoms with E-state index in [9.17, 15) is 14.4 Å². The van der Waals surface area contributed by atoms with Crippen molar-refractivity contribution in [3.8, 4) is 0 Å². The number of anilines is 2. The highest BCUT2D eigenvalue weighted by Crippen LogP contribution is 2.26. The summed E-state index contributed by atoms with van der Waals surface area (Å²) in [6.45, 7) is 5.07. The molecule has 2 fully saturated rings. The Hall–Kier alpha value is -2.05. The van der Waals surface area contributed by atoms with Gasteiger partial charge in [-0.15, -0.1) is 0 Å². The van der Waals surface area contributed by atoms with E-state index < -0.39 is 5.43 Å². The van der Waals surface area contributed by atoms with Crippen molar-refractivity contribution in [3.63, 3.8) is 0 Å². The fourth-order valence-corrected chi connectivity index (χ4v) is 3.73. The lowest BCUT2D eigenvalue weighted by Crippen LogP contribution is -2.47. The summed E-state index contributed by atoms with van der Waals surface area (Å²) in [7, 11) is 0. The van der Waals surface area contributed by atoms with E-state index in [4.69, 9.17) is 4.74 Å². The van der Waals surface area contributed by atoms with Gasteiger partial charge >= 0.3 is 6.09 Å². The largest absolute Gasteiger partial charge is 0.450 e. The summed E-state index contributed by atoms with van der Waals surface area (Å²) in [4.78, 5) is 39.6. The van der Waals surface area contributed by atoms with Gasteiger partial charge in [-0.1, -0.05) is 12.8 Å². The Morgan fingerprint density at radius 1 is 1.04 bits per heavy atom. The second kappa shape index (κ2) is 7.89. The van der Waals surface area contributed by atoms with Gasteiger partial charge in [0, 0.05) is 32.2 Å². The monoisotopic (exact) mass is 349 g/mol. The average Bonchev–Trinajstić information content (AvgIpc) is 2.90. The van der Waals surface area contributed by atoms with E-state index in [1.54, 1.807) is 11.8 Å². The number of hydrogen-bond donors (Lipinski definition) is 1. The van der Waals surface area contributed by atoms with Crippen molar-refractivity contribution in [3.05, 3.63) is 20.4 Å². The molecule has 2 heterocycles. The van der Waals surface area contributed by atoms with E-state index >= 15 is 0 Å². The number of hydrogen-bond acceptors (Lipinski definition) is 6. The second-order valence-corrected chi connectivity index (χ2v) is 6.89. The highest BCUT2D eigenvalue weighted by Gasteiger charge is 2.30. The molecule has 1 N–H and O–H groups in total. The maximum atomic E-state index is 12.1. The molecule has 2 aliphatic rings. The Morgan fingerprint density at radius 2 is 1.68 bits per heavy atom. The molecule has 0 aromatic heterocycles. The van der Waals surface area contributed by atoms with Crippen molar-refractivity contribution in [2.24, 2.45) is 0 Å². The number of piperidine rings is 1. The normalized spacial score (nSPS) is 19.7. The van der Waals surface area contributed by atoms with Gasteiger partial charge in [-0.2, -0.15) is 0 Å². The summed E-state index contributed by atoms with van der Waals surface area (Å²) in [6, 6.07) is 0.111. The van der Waals surface area contributed by atoms with Gasteiger partial charge in [-0.3, -0.25) is 9.59 Å². The first kappa shape index (κ1) is 17.8. The van der Waals surface area contributed by atoms with Crippen molar-refractivity contribution in [1.29, 1.82) is 0 Å². The lowest BCUT2D eigenvalue weighted by atomic mass is 10.0. The fourth-order valence-electron chi connectivity index (χ4n) is 3.73. The van der Waals surface area contributed by atoms with E-state index in [0.29, 0.717) is 31.1 Å². The first-order valence-corrected chi connectivity index (χ1v) is 9.38. The van der Waals surface area contributed by atoms with E-state index in [0.717, 1.165) is 38.8 Å². The molecule has 3 rings (SSSR count). The number of ether oxygens (including phenoxy) is 1. The Kier molecular flexibility index (Phi) is 5.60. The van der Waals surface area contributed by atoms with Crippen LogP contribution in [0.4, 0.5) is 16.2 Å². The minimum atomic E-state index is -0.396. The number of carbonyl (C=O) groups excluding carboxylic acids is 1. The highest BCUT2D eigenvalue weighted by atomic mass is 16.6. The third kappa shape index (κ3) is 3.80. The number of rotatable bonds is 4. The van der Waals surface area contributed by atoms with Gasteiger partial charge in [0.1, 0.15) is 11.4 Å². The molecule has 0 spiro atoms. The Balaban J connectivity index is 1.61. The molecule has 0 atom stereocenters. The highest BCUT2D eigenvalue weighted by molar-refractivity contribution is 5.75. The molecule has 2 aliphatic heterocycles. The lowest BCUT2D eigenvalue weighted by Gasteiger charge is -2.34. The molecule has 1 amide bonds. The van der Waals surface area contributed by atoms with E-state index in [1.807, 2.05) is 0 Å². The van der Waals surface area contributed by atoms with Crippen LogP contribution in [0, 0.1) is 0 Å². The number of amides is 1. The Morgan fingerprint density at radius 3 is 2.28 bits per heavy atom.